The smallest absolute Gasteiger partial charge is 0.192 e. The van der Waals surface area contributed by atoms with Crippen LogP contribution in [0.5, 0.6) is 0 Å². The van der Waals surface area contributed by atoms with Crippen LogP contribution in [0.2, 0.25) is 36.3 Å². The van der Waals surface area contributed by atoms with Gasteiger partial charge >= 0.3 is 0 Å². The highest BCUT2D eigenvalue weighted by Gasteiger charge is 2.40. The molecule has 3 atom stereocenters. The predicted molar refractivity (Wildman–Crippen MR) is 132 cm³/mol. The predicted octanol–water partition coefficient (Wildman–Crippen LogP) is 7.29. The van der Waals surface area contributed by atoms with Gasteiger partial charge in [0, 0.05) is 5.92 Å². The first-order chi connectivity index (χ1) is 13.0. The largest absolute Gasteiger partial charge is 0.410 e. The van der Waals surface area contributed by atoms with Crippen molar-refractivity contribution in [2.24, 2.45) is 5.92 Å². The van der Waals surface area contributed by atoms with Crippen molar-refractivity contribution < 1.29 is 13.6 Å². The van der Waals surface area contributed by atoms with Crippen LogP contribution in [-0.2, 0) is 13.6 Å². The molecular weight excluding hydrogens is 392 g/mol. The lowest BCUT2D eigenvalue weighted by atomic mass is 10.0. The second-order valence-electron chi connectivity index (χ2n) is 11.0. The molecule has 0 spiro atoms. The van der Waals surface area contributed by atoms with Crippen molar-refractivity contribution in [3.8, 4) is 0 Å². The van der Waals surface area contributed by atoms with E-state index in [1.165, 1.54) is 0 Å². The maximum Gasteiger partial charge on any atom is 0.192 e. The molecular formula is C24H46O3Si2. The summed E-state index contributed by atoms with van der Waals surface area (Å²) in [5, 5.41) is 0.271. The highest BCUT2D eigenvalue weighted by molar-refractivity contribution is 6.74. The van der Waals surface area contributed by atoms with Gasteiger partial charge in [-0.1, -0.05) is 72.8 Å². The van der Waals surface area contributed by atoms with Crippen molar-refractivity contribution >= 4 is 22.9 Å². The Balaban J connectivity index is 5.54. The number of rotatable bonds is 11. The normalized spacial score (nSPS) is 17.5. The van der Waals surface area contributed by atoms with E-state index in [4.69, 9.17) is 8.85 Å². The van der Waals surface area contributed by atoms with E-state index in [0.29, 0.717) is 0 Å². The quantitative estimate of drug-likeness (QED) is 0.147. The molecule has 0 aromatic rings. The molecule has 0 N–H and O–H groups in total. The first-order valence-corrected chi connectivity index (χ1v) is 16.6. The minimum atomic E-state index is -1.96. The lowest BCUT2D eigenvalue weighted by Crippen LogP contribution is -2.45. The zero-order chi connectivity index (χ0) is 23.1. The summed E-state index contributed by atoms with van der Waals surface area (Å²) < 4.78 is 13.2. The van der Waals surface area contributed by atoms with Crippen molar-refractivity contribution in [1.29, 1.82) is 0 Å². The third kappa shape index (κ3) is 9.28. The maximum atomic E-state index is 10.9. The fraction of sp³-hybridized carbons (Fsp3) is 0.708. The average Bonchev–Trinajstić information content (AvgIpc) is 2.53. The molecule has 0 aromatic carbocycles. The van der Waals surface area contributed by atoms with E-state index in [0.717, 1.165) is 12.7 Å². The molecule has 0 fully saturated rings. The van der Waals surface area contributed by atoms with Crippen LogP contribution >= 0.6 is 0 Å². The van der Waals surface area contributed by atoms with Crippen LogP contribution in [0.25, 0.3) is 0 Å². The van der Waals surface area contributed by atoms with E-state index in [2.05, 4.69) is 93.4 Å². The molecule has 168 valence electrons. The lowest BCUT2D eigenvalue weighted by Gasteiger charge is -2.40. The summed E-state index contributed by atoms with van der Waals surface area (Å²) >= 11 is 0. The molecule has 0 aromatic heterocycles. The number of hydrogen-bond acceptors (Lipinski definition) is 3. The van der Waals surface area contributed by atoms with Crippen LogP contribution < -0.4 is 0 Å². The second kappa shape index (κ2) is 11.0. The SMILES string of the molecule is C=CC[C@H](C=C[C@@H](C)[C@H](/C=C/C=O)O[Si](C)(C)C(C)(C)C)O[Si](C)(C)C(C)(C)C. The highest BCUT2D eigenvalue weighted by Crippen LogP contribution is 2.39. The Morgan fingerprint density at radius 1 is 0.862 bits per heavy atom. The molecule has 0 amide bonds. The van der Waals surface area contributed by atoms with Gasteiger partial charge in [0.1, 0.15) is 6.29 Å². The Morgan fingerprint density at radius 2 is 1.34 bits per heavy atom. The van der Waals surface area contributed by atoms with Gasteiger partial charge in [-0.25, -0.2) is 0 Å². The summed E-state index contributed by atoms with van der Waals surface area (Å²) in [6.45, 7) is 28.5. The average molecular weight is 439 g/mol. The summed E-state index contributed by atoms with van der Waals surface area (Å²) in [6, 6.07) is 0. The van der Waals surface area contributed by atoms with Crippen LogP contribution in [0.15, 0.2) is 37.0 Å². The molecule has 0 bridgehead atoms. The molecule has 0 aliphatic carbocycles. The molecule has 29 heavy (non-hydrogen) atoms. The summed E-state index contributed by atoms with van der Waals surface area (Å²) in [5.41, 5.74) is 0. The number of aldehydes is 1. The fourth-order valence-corrected chi connectivity index (χ4v) is 4.90. The third-order valence-electron chi connectivity index (χ3n) is 6.41. The van der Waals surface area contributed by atoms with Crippen LogP contribution in [0, 0.1) is 5.92 Å². The Hall–Kier alpha value is -0.756. The highest BCUT2D eigenvalue weighted by atomic mass is 28.4. The molecule has 0 aliphatic heterocycles. The molecule has 0 unspecified atom stereocenters. The van der Waals surface area contributed by atoms with Gasteiger partial charge in [0.05, 0.1) is 12.2 Å². The van der Waals surface area contributed by atoms with Crippen molar-refractivity contribution in [2.45, 2.75) is 103 Å². The zero-order valence-corrected chi connectivity index (χ0v) is 22.8. The Labute approximate surface area is 182 Å². The van der Waals surface area contributed by atoms with Crippen molar-refractivity contribution in [1.82, 2.24) is 0 Å². The fourth-order valence-electron chi connectivity index (χ4n) is 2.29. The molecule has 0 radical (unpaired) electrons. The van der Waals surface area contributed by atoms with Gasteiger partial charge in [0.25, 0.3) is 0 Å². The van der Waals surface area contributed by atoms with Gasteiger partial charge in [-0.05, 0) is 48.8 Å². The molecule has 0 saturated heterocycles. The van der Waals surface area contributed by atoms with Gasteiger partial charge in [-0.2, -0.15) is 0 Å². The minimum Gasteiger partial charge on any atom is -0.410 e. The molecule has 0 heterocycles. The Morgan fingerprint density at radius 3 is 1.76 bits per heavy atom. The Kier molecular flexibility index (Phi) is 10.7. The summed E-state index contributed by atoms with van der Waals surface area (Å²) in [7, 11) is -3.83. The molecule has 3 nitrogen and oxygen atoms in total. The number of hydrogen-bond donors (Lipinski definition) is 0. The zero-order valence-electron chi connectivity index (χ0n) is 20.8. The molecule has 0 saturated carbocycles. The molecule has 0 aliphatic rings. The van der Waals surface area contributed by atoms with Gasteiger partial charge in [-0.15, -0.1) is 6.58 Å². The number of allylic oxidation sites excluding steroid dienone is 1. The van der Waals surface area contributed by atoms with Crippen LogP contribution in [0.1, 0.15) is 54.9 Å². The summed E-state index contributed by atoms with van der Waals surface area (Å²) in [4.78, 5) is 10.9. The van der Waals surface area contributed by atoms with E-state index < -0.39 is 16.6 Å². The number of carbonyl (C=O) groups excluding carboxylic acids is 1. The van der Waals surface area contributed by atoms with Crippen molar-refractivity contribution in [3.63, 3.8) is 0 Å². The van der Waals surface area contributed by atoms with E-state index in [9.17, 15) is 4.79 Å². The van der Waals surface area contributed by atoms with Crippen molar-refractivity contribution in [3.05, 3.63) is 37.0 Å². The molecule has 5 heteroatoms. The van der Waals surface area contributed by atoms with E-state index >= 15 is 0 Å². The Bertz CT molecular complexity index is 578. The maximum absolute atomic E-state index is 10.9. The first kappa shape index (κ1) is 28.2. The van der Waals surface area contributed by atoms with Gasteiger partial charge in [0.15, 0.2) is 16.6 Å². The van der Waals surface area contributed by atoms with Gasteiger partial charge in [-0.3, -0.25) is 4.79 Å². The lowest BCUT2D eigenvalue weighted by molar-refractivity contribution is -0.104. The summed E-state index contributed by atoms with van der Waals surface area (Å²) in [5.74, 6) is 0.135. The standard InChI is InChI=1S/C24H46O3Si2/c1-13-15-21(26-28(9,10)23(3,4)5)18-17-20(2)22(16-14-19-25)27-29(11,12)24(6,7)8/h13-14,16-22H,1,15H2,2-12H3/b16-14+,18-17?/t20-,21-,22+/m1/s1. The third-order valence-corrected chi connectivity index (χ3v) is 15.4. The van der Waals surface area contributed by atoms with Crippen molar-refractivity contribution in [2.75, 3.05) is 0 Å². The topological polar surface area (TPSA) is 35.5 Å². The monoisotopic (exact) mass is 438 g/mol. The first-order valence-electron chi connectivity index (χ1n) is 10.8. The number of carbonyl (C=O) groups is 1. The van der Waals surface area contributed by atoms with E-state index in [1.807, 2.05) is 12.2 Å². The van der Waals surface area contributed by atoms with E-state index in [-0.39, 0.29) is 28.2 Å². The van der Waals surface area contributed by atoms with Gasteiger partial charge < -0.3 is 8.85 Å². The minimum absolute atomic E-state index is 0.0133. The van der Waals surface area contributed by atoms with Crippen LogP contribution in [-0.4, -0.2) is 35.1 Å². The van der Waals surface area contributed by atoms with Crippen LogP contribution in [0.3, 0.4) is 0 Å². The van der Waals surface area contributed by atoms with E-state index in [1.54, 1.807) is 6.08 Å². The second-order valence-corrected chi connectivity index (χ2v) is 20.6. The molecule has 0 rings (SSSR count). The van der Waals surface area contributed by atoms with Crippen LogP contribution in [0.4, 0.5) is 0 Å². The summed E-state index contributed by atoms with van der Waals surface area (Å²) in [6.07, 6.45) is 11.2. The van der Waals surface area contributed by atoms with Gasteiger partial charge in [0.2, 0.25) is 0 Å².